The maximum Gasteiger partial charge on any atom is 0.416 e. The number of hydrogen-bond acceptors (Lipinski definition) is 4. The van der Waals surface area contributed by atoms with E-state index in [9.17, 15) is 18.0 Å². The van der Waals surface area contributed by atoms with Gasteiger partial charge in [-0.1, -0.05) is 23.4 Å². The van der Waals surface area contributed by atoms with Gasteiger partial charge in [-0.2, -0.15) is 13.2 Å². The van der Waals surface area contributed by atoms with Crippen LogP contribution in [0.25, 0.3) is 11.3 Å². The quantitative estimate of drug-likeness (QED) is 0.640. The van der Waals surface area contributed by atoms with E-state index in [-0.39, 0.29) is 22.7 Å². The number of anilines is 1. The highest BCUT2D eigenvalue weighted by molar-refractivity contribution is 6.09. The molecule has 0 aliphatic rings. The van der Waals surface area contributed by atoms with Gasteiger partial charge in [-0.3, -0.25) is 4.79 Å². The summed E-state index contributed by atoms with van der Waals surface area (Å²) < 4.78 is 49.4. The summed E-state index contributed by atoms with van der Waals surface area (Å²) in [6.07, 6.45) is -4.50. The first kappa shape index (κ1) is 19.5. The van der Waals surface area contributed by atoms with Crippen molar-refractivity contribution in [3.8, 4) is 17.0 Å². The molecule has 0 fully saturated rings. The van der Waals surface area contributed by atoms with Crippen molar-refractivity contribution in [2.24, 2.45) is 0 Å². The molecule has 1 N–H and O–H groups in total. The number of carbonyl (C=O) groups excluding carboxylic acids is 1. The third-order valence-corrected chi connectivity index (χ3v) is 3.98. The predicted octanol–water partition coefficient (Wildman–Crippen LogP) is 5.32. The SMILES string of the molecule is CCOc1ccccc1-c1noc(C)c1C(=O)Nc1cccc(C(F)(F)F)c1. The largest absolute Gasteiger partial charge is 0.493 e. The van der Waals surface area contributed by atoms with Gasteiger partial charge in [0.25, 0.3) is 5.91 Å². The molecule has 146 valence electrons. The predicted molar refractivity (Wildman–Crippen MR) is 97.2 cm³/mol. The molecule has 1 heterocycles. The van der Waals surface area contributed by atoms with Gasteiger partial charge in [0, 0.05) is 11.3 Å². The second-order valence-electron chi connectivity index (χ2n) is 5.92. The Morgan fingerprint density at radius 1 is 1.18 bits per heavy atom. The summed E-state index contributed by atoms with van der Waals surface area (Å²) in [6.45, 7) is 3.80. The molecule has 5 nitrogen and oxygen atoms in total. The van der Waals surface area contributed by atoms with Gasteiger partial charge in [0.2, 0.25) is 0 Å². The monoisotopic (exact) mass is 390 g/mol. The average molecular weight is 390 g/mol. The Labute approximate surface area is 159 Å². The van der Waals surface area contributed by atoms with Crippen LogP contribution in [0.3, 0.4) is 0 Å². The molecule has 0 aliphatic carbocycles. The Bertz CT molecular complexity index is 996. The highest BCUT2D eigenvalue weighted by atomic mass is 19.4. The Morgan fingerprint density at radius 2 is 1.93 bits per heavy atom. The van der Waals surface area contributed by atoms with Gasteiger partial charge in [0.05, 0.1) is 12.2 Å². The van der Waals surface area contributed by atoms with Crippen LogP contribution >= 0.6 is 0 Å². The molecule has 8 heteroatoms. The minimum atomic E-state index is -4.50. The fourth-order valence-electron chi connectivity index (χ4n) is 2.73. The molecular formula is C20H17F3N2O3. The van der Waals surface area contributed by atoms with E-state index in [1.807, 2.05) is 6.92 Å². The van der Waals surface area contributed by atoms with Crippen LogP contribution in [0, 0.1) is 6.92 Å². The van der Waals surface area contributed by atoms with Gasteiger partial charge in [0.1, 0.15) is 22.8 Å². The summed E-state index contributed by atoms with van der Waals surface area (Å²) in [5.74, 6) is 0.136. The zero-order chi connectivity index (χ0) is 20.3. The topological polar surface area (TPSA) is 64.4 Å². The van der Waals surface area contributed by atoms with Gasteiger partial charge in [-0.25, -0.2) is 0 Å². The van der Waals surface area contributed by atoms with Crippen molar-refractivity contribution >= 4 is 11.6 Å². The summed E-state index contributed by atoms with van der Waals surface area (Å²) >= 11 is 0. The molecule has 0 atom stereocenters. The van der Waals surface area contributed by atoms with Gasteiger partial charge in [-0.05, 0) is 44.2 Å². The summed E-state index contributed by atoms with van der Waals surface area (Å²) in [5, 5.41) is 6.43. The van der Waals surface area contributed by atoms with E-state index >= 15 is 0 Å². The molecule has 0 aliphatic heterocycles. The van der Waals surface area contributed by atoms with Gasteiger partial charge >= 0.3 is 6.18 Å². The highest BCUT2D eigenvalue weighted by Gasteiger charge is 2.31. The maximum absolute atomic E-state index is 12.9. The minimum absolute atomic E-state index is 0.0180. The van der Waals surface area contributed by atoms with E-state index < -0.39 is 17.6 Å². The number of halogens is 3. The molecular weight excluding hydrogens is 373 g/mol. The van der Waals surface area contributed by atoms with Crippen LogP contribution in [0.4, 0.5) is 18.9 Å². The molecule has 3 aromatic rings. The molecule has 0 spiro atoms. The van der Waals surface area contributed by atoms with Crippen LogP contribution in [0.1, 0.15) is 28.6 Å². The van der Waals surface area contributed by atoms with Crippen molar-refractivity contribution < 1.29 is 27.2 Å². The number of hydrogen-bond donors (Lipinski definition) is 1. The molecule has 0 bridgehead atoms. The fraction of sp³-hybridized carbons (Fsp3) is 0.200. The lowest BCUT2D eigenvalue weighted by molar-refractivity contribution is -0.137. The number of carbonyl (C=O) groups is 1. The van der Waals surface area contributed by atoms with E-state index in [4.69, 9.17) is 9.26 Å². The smallest absolute Gasteiger partial charge is 0.416 e. The number of benzene rings is 2. The number of alkyl halides is 3. The van der Waals surface area contributed by atoms with Crippen molar-refractivity contribution in [2.75, 3.05) is 11.9 Å². The first-order valence-electron chi connectivity index (χ1n) is 8.48. The molecule has 1 aromatic heterocycles. The molecule has 2 aromatic carbocycles. The van der Waals surface area contributed by atoms with Gasteiger partial charge < -0.3 is 14.6 Å². The molecule has 0 saturated carbocycles. The third-order valence-electron chi connectivity index (χ3n) is 3.98. The van der Waals surface area contributed by atoms with Crippen LogP contribution in [0.15, 0.2) is 53.1 Å². The van der Waals surface area contributed by atoms with Crippen LogP contribution in [-0.2, 0) is 6.18 Å². The van der Waals surface area contributed by atoms with Crippen LogP contribution in [-0.4, -0.2) is 17.7 Å². The Kier molecular flexibility index (Phi) is 5.39. The molecule has 3 rings (SSSR count). The number of ether oxygens (including phenoxy) is 1. The van der Waals surface area contributed by atoms with Crippen molar-refractivity contribution in [3.05, 3.63) is 65.4 Å². The number of rotatable bonds is 5. The average Bonchev–Trinajstić information content (AvgIpc) is 3.03. The van der Waals surface area contributed by atoms with E-state index in [0.717, 1.165) is 12.1 Å². The van der Waals surface area contributed by atoms with E-state index in [1.54, 1.807) is 31.2 Å². The maximum atomic E-state index is 12.9. The summed E-state index contributed by atoms with van der Waals surface area (Å²) in [7, 11) is 0. The highest BCUT2D eigenvalue weighted by Crippen LogP contribution is 2.34. The lowest BCUT2D eigenvalue weighted by Gasteiger charge is -2.11. The lowest BCUT2D eigenvalue weighted by atomic mass is 10.0. The van der Waals surface area contributed by atoms with Gasteiger partial charge in [0.15, 0.2) is 0 Å². The fourth-order valence-corrected chi connectivity index (χ4v) is 2.73. The lowest BCUT2D eigenvalue weighted by Crippen LogP contribution is -2.14. The van der Waals surface area contributed by atoms with Crippen LogP contribution in [0.2, 0.25) is 0 Å². The van der Waals surface area contributed by atoms with Crippen molar-refractivity contribution in [2.45, 2.75) is 20.0 Å². The first-order valence-corrected chi connectivity index (χ1v) is 8.48. The molecule has 0 saturated heterocycles. The second kappa shape index (κ2) is 7.75. The summed E-state index contributed by atoms with van der Waals surface area (Å²) in [6, 6.07) is 11.4. The Morgan fingerprint density at radius 3 is 2.64 bits per heavy atom. The van der Waals surface area contributed by atoms with E-state index in [2.05, 4.69) is 10.5 Å². The van der Waals surface area contributed by atoms with Crippen LogP contribution in [0.5, 0.6) is 5.75 Å². The standard InChI is InChI=1S/C20H17F3N2O3/c1-3-27-16-10-5-4-9-15(16)18-17(12(2)28-25-18)19(26)24-14-8-6-7-13(11-14)20(21,22)23/h4-11H,3H2,1-2H3,(H,24,26). The van der Waals surface area contributed by atoms with E-state index in [0.29, 0.717) is 17.9 Å². The van der Waals surface area contributed by atoms with Gasteiger partial charge in [-0.15, -0.1) is 0 Å². The minimum Gasteiger partial charge on any atom is -0.493 e. The number of nitrogens with one attached hydrogen (secondary N) is 1. The van der Waals surface area contributed by atoms with Crippen molar-refractivity contribution in [3.63, 3.8) is 0 Å². The molecule has 0 unspecified atom stereocenters. The number of nitrogens with zero attached hydrogens (tertiary/aromatic N) is 1. The third kappa shape index (κ3) is 4.00. The first-order chi connectivity index (χ1) is 13.3. The van der Waals surface area contributed by atoms with Crippen LogP contribution < -0.4 is 10.1 Å². The molecule has 28 heavy (non-hydrogen) atoms. The van der Waals surface area contributed by atoms with Crippen molar-refractivity contribution in [1.82, 2.24) is 5.16 Å². The Hall–Kier alpha value is -3.29. The summed E-state index contributed by atoms with van der Waals surface area (Å²) in [4.78, 5) is 12.8. The number of amides is 1. The Balaban J connectivity index is 1.96. The van der Waals surface area contributed by atoms with Crippen molar-refractivity contribution in [1.29, 1.82) is 0 Å². The molecule has 0 radical (unpaired) electrons. The number of aromatic nitrogens is 1. The normalized spacial score (nSPS) is 11.3. The van der Waals surface area contributed by atoms with E-state index in [1.165, 1.54) is 12.1 Å². The summed E-state index contributed by atoms with van der Waals surface area (Å²) in [5.41, 5.74) is 0.102. The number of aryl methyl sites for hydroxylation is 1. The number of para-hydroxylation sites is 1. The molecule has 1 amide bonds. The second-order valence-corrected chi connectivity index (χ2v) is 5.92. The zero-order valence-electron chi connectivity index (χ0n) is 15.1. The zero-order valence-corrected chi connectivity index (χ0v) is 15.1.